The maximum atomic E-state index is 10.6. The zero-order valence-corrected chi connectivity index (χ0v) is 9.92. The molecule has 0 saturated carbocycles. The van der Waals surface area contributed by atoms with Crippen molar-refractivity contribution in [2.24, 2.45) is 0 Å². The van der Waals surface area contributed by atoms with Gasteiger partial charge in [0.05, 0.1) is 0 Å². The molecular weight excluding hydrogens is 238 g/mol. The van der Waals surface area contributed by atoms with Crippen molar-refractivity contribution in [1.29, 1.82) is 0 Å². The molecule has 6 heteroatoms. The molecule has 6 nitrogen and oxygen atoms in total. The van der Waals surface area contributed by atoms with Gasteiger partial charge in [0.15, 0.2) is 6.61 Å². The second-order valence-corrected chi connectivity index (χ2v) is 3.73. The summed E-state index contributed by atoms with van der Waals surface area (Å²) in [5, 5.41) is 20.1. The van der Waals surface area contributed by atoms with Gasteiger partial charge in [-0.3, -0.25) is 4.79 Å². The van der Waals surface area contributed by atoms with Gasteiger partial charge in [0, 0.05) is 12.1 Å². The molecule has 1 aromatic rings. The molecule has 0 bridgehead atoms. The quantitative estimate of drug-likeness (QED) is 0.662. The number of hydrogen-bond donors (Lipinski definition) is 3. The number of carboxylic acid groups (broad SMARTS) is 2. The van der Waals surface area contributed by atoms with E-state index in [2.05, 4.69) is 5.32 Å². The Kier molecular flexibility index (Phi) is 5.13. The summed E-state index contributed by atoms with van der Waals surface area (Å²) in [4.78, 5) is 21.1. The third-order valence-corrected chi connectivity index (χ3v) is 2.29. The van der Waals surface area contributed by atoms with Crippen molar-refractivity contribution in [2.75, 3.05) is 6.61 Å². The molecule has 0 amide bonds. The fourth-order valence-corrected chi connectivity index (χ4v) is 1.28. The van der Waals surface area contributed by atoms with Gasteiger partial charge in [0.2, 0.25) is 0 Å². The van der Waals surface area contributed by atoms with Crippen molar-refractivity contribution < 1.29 is 24.5 Å². The summed E-state index contributed by atoms with van der Waals surface area (Å²) >= 11 is 0. The smallest absolute Gasteiger partial charge is 0.341 e. The Morgan fingerprint density at radius 2 is 2.00 bits per heavy atom. The molecule has 3 N–H and O–H groups in total. The van der Waals surface area contributed by atoms with E-state index in [0.29, 0.717) is 17.9 Å². The Balaban J connectivity index is 2.64. The van der Waals surface area contributed by atoms with Gasteiger partial charge >= 0.3 is 11.9 Å². The highest BCUT2D eigenvalue weighted by atomic mass is 16.5. The van der Waals surface area contributed by atoms with Crippen LogP contribution >= 0.6 is 0 Å². The zero-order valence-electron chi connectivity index (χ0n) is 9.92. The fraction of sp³-hybridized carbons (Fsp3) is 0.333. The van der Waals surface area contributed by atoms with Crippen molar-refractivity contribution in [3.63, 3.8) is 0 Å². The SMILES string of the molecule is C[C@@H](NCc1ccccc1OCC(=O)O)C(=O)O. The number of ether oxygens (including phenoxy) is 1. The lowest BCUT2D eigenvalue weighted by atomic mass is 10.2. The minimum atomic E-state index is -1.06. The van der Waals surface area contributed by atoms with E-state index in [1.165, 1.54) is 6.92 Å². The van der Waals surface area contributed by atoms with Crippen LogP contribution in [0.15, 0.2) is 24.3 Å². The number of rotatable bonds is 7. The van der Waals surface area contributed by atoms with Gasteiger partial charge in [-0.1, -0.05) is 18.2 Å². The minimum absolute atomic E-state index is 0.295. The standard InChI is InChI=1S/C12H15NO5/c1-8(12(16)17)13-6-9-4-2-3-5-10(9)18-7-11(14)15/h2-5,8,13H,6-7H2,1H3,(H,14,15)(H,16,17)/t8-/m1/s1. The van der Waals surface area contributed by atoms with Crippen molar-refractivity contribution >= 4 is 11.9 Å². The lowest BCUT2D eigenvalue weighted by Gasteiger charge is -2.12. The van der Waals surface area contributed by atoms with Crippen LogP contribution in [0.4, 0.5) is 0 Å². The first-order chi connectivity index (χ1) is 8.50. The Morgan fingerprint density at radius 1 is 1.33 bits per heavy atom. The van der Waals surface area contributed by atoms with Gasteiger partial charge in [0.1, 0.15) is 11.8 Å². The zero-order chi connectivity index (χ0) is 13.5. The predicted octanol–water partition coefficient (Wildman–Crippen LogP) is 0.713. The maximum Gasteiger partial charge on any atom is 0.341 e. The molecule has 1 atom stereocenters. The number of aliphatic carboxylic acids is 2. The first-order valence-electron chi connectivity index (χ1n) is 5.39. The summed E-state index contributed by atoms with van der Waals surface area (Å²) in [6.45, 7) is 1.40. The van der Waals surface area contributed by atoms with E-state index < -0.39 is 24.6 Å². The summed E-state index contributed by atoms with van der Waals surface area (Å²) in [7, 11) is 0. The summed E-state index contributed by atoms with van der Waals surface area (Å²) in [6.07, 6.45) is 0. The van der Waals surface area contributed by atoms with Gasteiger partial charge in [0.25, 0.3) is 0 Å². The summed E-state index contributed by atoms with van der Waals surface area (Å²) in [6, 6.07) is 6.21. The Morgan fingerprint density at radius 3 is 2.61 bits per heavy atom. The highest BCUT2D eigenvalue weighted by molar-refractivity contribution is 5.72. The average Bonchev–Trinajstić information content (AvgIpc) is 2.34. The van der Waals surface area contributed by atoms with Crippen molar-refractivity contribution in [3.05, 3.63) is 29.8 Å². The van der Waals surface area contributed by atoms with E-state index in [9.17, 15) is 9.59 Å². The van der Waals surface area contributed by atoms with Crippen LogP contribution in [0.3, 0.4) is 0 Å². The van der Waals surface area contributed by atoms with Crippen molar-refractivity contribution in [3.8, 4) is 5.75 Å². The second kappa shape index (κ2) is 6.61. The van der Waals surface area contributed by atoms with E-state index in [4.69, 9.17) is 14.9 Å². The number of benzene rings is 1. The Bertz CT molecular complexity index is 432. The monoisotopic (exact) mass is 253 g/mol. The number of nitrogens with one attached hydrogen (secondary N) is 1. The first-order valence-corrected chi connectivity index (χ1v) is 5.39. The van der Waals surface area contributed by atoms with Crippen LogP contribution in [0.5, 0.6) is 5.75 Å². The number of carbonyl (C=O) groups is 2. The van der Waals surface area contributed by atoms with E-state index in [1.807, 2.05) is 0 Å². The molecule has 0 aliphatic rings. The highest BCUT2D eigenvalue weighted by Gasteiger charge is 2.11. The third kappa shape index (κ3) is 4.42. The van der Waals surface area contributed by atoms with Gasteiger partial charge < -0.3 is 20.3 Å². The fourth-order valence-electron chi connectivity index (χ4n) is 1.28. The molecule has 0 radical (unpaired) electrons. The normalized spacial score (nSPS) is 11.8. The molecule has 0 spiro atoms. The van der Waals surface area contributed by atoms with Gasteiger partial charge in [-0.25, -0.2) is 4.79 Å². The topological polar surface area (TPSA) is 95.9 Å². The summed E-state index contributed by atoms with van der Waals surface area (Å²) in [5.41, 5.74) is 0.715. The van der Waals surface area contributed by atoms with E-state index in [1.54, 1.807) is 24.3 Å². The molecule has 18 heavy (non-hydrogen) atoms. The van der Waals surface area contributed by atoms with Crippen molar-refractivity contribution in [2.45, 2.75) is 19.5 Å². The van der Waals surface area contributed by atoms with E-state index in [-0.39, 0.29) is 0 Å². The molecule has 98 valence electrons. The lowest BCUT2D eigenvalue weighted by Crippen LogP contribution is -2.33. The molecule has 0 fully saturated rings. The van der Waals surface area contributed by atoms with Crippen LogP contribution in [0, 0.1) is 0 Å². The van der Waals surface area contributed by atoms with Crippen LogP contribution < -0.4 is 10.1 Å². The average molecular weight is 253 g/mol. The Hall–Kier alpha value is -2.08. The van der Waals surface area contributed by atoms with E-state index >= 15 is 0 Å². The molecule has 1 rings (SSSR count). The molecule has 0 aliphatic heterocycles. The molecule has 0 unspecified atom stereocenters. The van der Waals surface area contributed by atoms with Gasteiger partial charge in [-0.2, -0.15) is 0 Å². The first kappa shape index (κ1) is 14.0. The number of hydrogen-bond acceptors (Lipinski definition) is 4. The molecule has 0 heterocycles. The second-order valence-electron chi connectivity index (χ2n) is 3.73. The predicted molar refractivity (Wildman–Crippen MR) is 63.5 cm³/mol. The molecule has 0 aromatic heterocycles. The summed E-state index contributed by atoms with van der Waals surface area (Å²) < 4.78 is 5.10. The van der Waals surface area contributed by atoms with Crippen LogP contribution in [0.1, 0.15) is 12.5 Å². The van der Waals surface area contributed by atoms with Gasteiger partial charge in [-0.05, 0) is 13.0 Å². The van der Waals surface area contributed by atoms with Crippen LogP contribution in [0.25, 0.3) is 0 Å². The molecule has 0 aliphatic carbocycles. The maximum absolute atomic E-state index is 10.6. The van der Waals surface area contributed by atoms with Crippen LogP contribution in [-0.2, 0) is 16.1 Å². The van der Waals surface area contributed by atoms with Gasteiger partial charge in [-0.15, -0.1) is 0 Å². The van der Waals surface area contributed by atoms with Crippen molar-refractivity contribution in [1.82, 2.24) is 5.32 Å². The molecule has 0 saturated heterocycles. The highest BCUT2D eigenvalue weighted by Crippen LogP contribution is 2.17. The molecule has 1 aromatic carbocycles. The Labute approximate surface area is 104 Å². The number of carboxylic acids is 2. The van der Waals surface area contributed by atoms with Crippen LogP contribution in [-0.4, -0.2) is 34.8 Å². The third-order valence-electron chi connectivity index (χ3n) is 2.29. The number of para-hydroxylation sites is 1. The summed E-state index contributed by atoms with van der Waals surface area (Å²) in [5.74, 6) is -1.57. The van der Waals surface area contributed by atoms with E-state index in [0.717, 1.165) is 0 Å². The lowest BCUT2D eigenvalue weighted by molar-refractivity contribution is -0.140. The molecular formula is C12H15NO5. The minimum Gasteiger partial charge on any atom is -0.482 e. The largest absolute Gasteiger partial charge is 0.482 e. The van der Waals surface area contributed by atoms with Crippen LogP contribution in [0.2, 0.25) is 0 Å².